The van der Waals surface area contributed by atoms with E-state index in [9.17, 15) is 4.79 Å². The van der Waals surface area contributed by atoms with Crippen LogP contribution in [0.3, 0.4) is 0 Å². The van der Waals surface area contributed by atoms with Gasteiger partial charge >= 0.3 is 0 Å². The molecule has 2 heteroatoms. The lowest BCUT2D eigenvalue weighted by Gasteiger charge is -2.18. The van der Waals surface area contributed by atoms with E-state index in [1.807, 2.05) is 45.0 Å². The Morgan fingerprint density at radius 2 is 1.73 bits per heavy atom. The number of carbonyl (C=O) groups is 1. The molecular formula is C20H23O2. The van der Waals surface area contributed by atoms with Crippen molar-refractivity contribution < 1.29 is 9.53 Å². The van der Waals surface area contributed by atoms with E-state index >= 15 is 0 Å². The summed E-state index contributed by atoms with van der Waals surface area (Å²) in [5.41, 5.74) is 4.14. The Bertz CT molecular complexity index is 621. The van der Waals surface area contributed by atoms with Crippen molar-refractivity contribution in [2.45, 2.75) is 34.1 Å². The number of ketones is 1. The lowest BCUT2D eigenvalue weighted by molar-refractivity contribution is 0.0868. The summed E-state index contributed by atoms with van der Waals surface area (Å²) in [5, 5.41) is 0. The van der Waals surface area contributed by atoms with Gasteiger partial charge in [-0.25, -0.2) is 0 Å². The molecule has 0 aliphatic carbocycles. The number of hydrogen-bond donors (Lipinski definition) is 0. The fourth-order valence-electron chi connectivity index (χ4n) is 2.82. The SMILES string of the molecule is CCC(COc1cc[c]cc1)C(=O)c1c(C)cc(C)cc1C. The molecule has 0 saturated heterocycles. The Balaban J connectivity index is 2.15. The van der Waals surface area contributed by atoms with E-state index in [1.54, 1.807) is 0 Å². The van der Waals surface area contributed by atoms with Crippen molar-refractivity contribution in [3.8, 4) is 5.75 Å². The van der Waals surface area contributed by atoms with Gasteiger partial charge in [-0.15, -0.1) is 0 Å². The predicted octanol–water partition coefficient (Wildman–Crippen LogP) is 4.70. The first kappa shape index (κ1) is 16.3. The lowest BCUT2D eigenvalue weighted by atomic mass is 9.89. The molecule has 0 aliphatic rings. The molecule has 0 heterocycles. The van der Waals surface area contributed by atoms with Crippen LogP contribution in [0.15, 0.2) is 36.4 Å². The lowest BCUT2D eigenvalue weighted by Crippen LogP contribution is -2.23. The van der Waals surface area contributed by atoms with Gasteiger partial charge in [0.15, 0.2) is 5.78 Å². The van der Waals surface area contributed by atoms with Crippen molar-refractivity contribution in [2.75, 3.05) is 6.61 Å². The van der Waals surface area contributed by atoms with Crippen LogP contribution in [0, 0.1) is 32.8 Å². The Morgan fingerprint density at radius 1 is 1.14 bits per heavy atom. The first-order valence-electron chi connectivity index (χ1n) is 7.74. The van der Waals surface area contributed by atoms with Crippen LogP contribution in [0.25, 0.3) is 0 Å². The molecule has 2 aromatic carbocycles. The van der Waals surface area contributed by atoms with Crippen molar-refractivity contribution in [1.82, 2.24) is 0 Å². The summed E-state index contributed by atoms with van der Waals surface area (Å²) < 4.78 is 5.76. The number of rotatable bonds is 6. The molecule has 0 fully saturated rings. The molecule has 115 valence electrons. The molecule has 0 N–H and O–H groups in total. The van der Waals surface area contributed by atoms with Crippen LogP contribution in [-0.2, 0) is 0 Å². The van der Waals surface area contributed by atoms with Gasteiger partial charge in [0.05, 0.1) is 12.5 Å². The number of ether oxygens (including phenoxy) is 1. The van der Waals surface area contributed by atoms with Crippen LogP contribution in [0.1, 0.15) is 40.4 Å². The van der Waals surface area contributed by atoms with Gasteiger partial charge in [-0.05, 0) is 56.5 Å². The normalized spacial score (nSPS) is 12.0. The predicted molar refractivity (Wildman–Crippen MR) is 89.5 cm³/mol. The maximum Gasteiger partial charge on any atom is 0.169 e. The van der Waals surface area contributed by atoms with E-state index in [4.69, 9.17) is 4.74 Å². The van der Waals surface area contributed by atoms with Gasteiger partial charge in [-0.3, -0.25) is 4.79 Å². The molecule has 1 atom stereocenters. The molecule has 1 radical (unpaired) electrons. The third-order valence-corrected chi connectivity index (χ3v) is 3.93. The fraction of sp³-hybridized carbons (Fsp3) is 0.350. The topological polar surface area (TPSA) is 26.3 Å². The Labute approximate surface area is 133 Å². The van der Waals surface area contributed by atoms with E-state index in [2.05, 4.69) is 25.1 Å². The van der Waals surface area contributed by atoms with E-state index in [0.29, 0.717) is 6.61 Å². The maximum absolute atomic E-state index is 12.9. The molecule has 0 spiro atoms. The van der Waals surface area contributed by atoms with Gasteiger partial charge in [0.25, 0.3) is 0 Å². The van der Waals surface area contributed by atoms with Gasteiger partial charge in [0, 0.05) is 5.56 Å². The van der Waals surface area contributed by atoms with E-state index in [0.717, 1.165) is 28.9 Å². The largest absolute Gasteiger partial charge is 0.493 e. The van der Waals surface area contributed by atoms with E-state index in [-0.39, 0.29) is 11.7 Å². The quantitative estimate of drug-likeness (QED) is 0.722. The Morgan fingerprint density at radius 3 is 2.27 bits per heavy atom. The van der Waals surface area contributed by atoms with E-state index in [1.165, 1.54) is 5.56 Å². The zero-order chi connectivity index (χ0) is 16.1. The standard InChI is InChI=1S/C20H23O2/c1-5-17(13-22-18-9-7-6-8-10-18)20(21)19-15(3)11-14(2)12-16(19)4/h7-12,17H,5,13H2,1-4H3. The summed E-state index contributed by atoms with van der Waals surface area (Å²) in [6.07, 6.45) is 0.768. The highest BCUT2D eigenvalue weighted by Gasteiger charge is 2.22. The van der Waals surface area contributed by atoms with Crippen LogP contribution in [0.5, 0.6) is 5.75 Å². The second-order valence-corrected chi connectivity index (χ2v) is 5.79. The minimum atomic E-state index is -0.121. The maximum atomic E-state index is 12.9. The summed E-state index contributed by atoms with van der Waals surface area (Å²) in [7, 11) is 0. The molecule has 2 nitrogen and oxygen atoms in total. The van der Waals surface area contributed by atoms with Crippen LogP contribution < -0.4 is 4.74 Å². The molecule has 1 unspecified atom stereocenters. The first-order valence-corrected chi connectivity index (χ1v) is 7.74. The summed E-state index contributed by atoms with van der Waals surface area (Å²) >= 11 is 0. The highest BCUT2D eigenvalue weighted by molar-refractivity contribution is 6.00. The smallest absolute Gasteiger partial charge is 0.169 e. The summed E-state index contributed by atoms with van der Waals surface area (Å²) in [6, 6.07) is 14.4. The molecule has 0 aromatic heterocycles. The molecule has 2 rings (SSSR count). The second kappa shape index (κ2) is 7.26. The summed E-state index contributed by atoms with van der Waals surface area (Å²) in [4.78, 5) is 12.9. The van der Waals surface area contributed by atoms with Crippen molar-refractivity contribution in [3.05, 3.63) is 64.7 Å². The number of hydrogen-bond acceptors (Lipinski definition) is 2. The van der Waals surface area contributed by atoms with Crippen molar-refractivity contribution >= 4 is 5.78 Å². The van der Waals surface area contributed by atoms with Gasteiger partial charge in [-0.1, -0.05) is 36.8 Å². The van der Waals surface area contributed by atoms with E-state index < -0.39 is 0 Å². The van der Waals surface area contributed by atoms with Crippen molar-refractivity contribution in [2.24, 2.45) is 5.92 Å². The molecule has 2 aromatic rings. The number of aryl methyl sites for hydroxylation is 3. The molecule has 0 saturated carbocycles. The third-order valence-electron chi connectivity index (χ3n) is 3.93. The number of Topliss-reactive ketones (excluding diaryl/α,β-unsaturated/α-hetero) is 1. The first-order chi connectivity index (χ1) is 10.5. The average Bonchev–Trinajstić information content (AvgIpc) is 2.48. The minimum Gasteiger partial charge on any atom is -0.493 e. The highest BCUT2D eigenvalue weighted by atomic mass is 16.5. The highest BCUT2D eigenvalue weighted by Crippen LogP contribution is 2.22. The molecule has 22 heavy (non-hydrogen) atoms. The van der Waals surface area contributed by atoms with Crippen LogP contribution in [-0.4, -0.2) is 12.4 Å². The van der Waals surface area contributed by atoms with Crippen LogP contribution >= 0.6 is 0 Å². The molecule has 0 aliphatic heterocycles. The zero-order valence-electron chi connectivity index (χ0n) is 13.8. The third kappa shape index (κ3) is 3.76. The van der Waals surface area contributed by atoms with Gasteiger partial charge < -0.3 is 4.74 Å². The summed E-state index contributed by atoms with van der Waals surface area (Å²) in [6.45, 7) is 8.51. The minimum absolute atomic E-state index is 0.121. The summed E-state index contributed by atoms with van der Waals surface area (Å²) in [5.74, 6) is 0.839. The van der Waals surface area contributed by atoms with Crippen LogP contribution in [0.4, 0.5) is 0 Å². The molecule has 0 bridgehead atoms. The average molecular weight is 295 g/mol. The molecule has 0 amide bonds. The zero-order valence-corrected chi connectivity index (χ0v) is 13.8. The van der Waals surface area contributed by atoms with Gasteiger partial charge in [-0.2, -0.15) is 0 Å². The fourth-order valence-corrected chi connectivity index (χ4v) is 2.82. The number of carbonyl (C=O) groups excluding carboxylic acids is 1. The second-order valence-electron chi connectivity index (χ2n) is 5.79. The molecular weight excluding hydrogens is 272 g/mol. The van der Waals surface area contributed by atoms with Gasteiger partial charge in [0.1, 0.15) is 5.75 Å². The van der Waals surface area contributed by atoms with Crippen LogP contribution in [0.2, 0.25) is 0 Å². The Hall–Kier alpha value is -2.09. The number of benzene rings is 2. The van der Waals surface area contributed by atoms with Gasteiger partial charge in [0.2, 0.25) is 0 Å². The monoisotopic (exact) mass is 295 g/mol. The van der Waals surface area contributed by atoms with Crippen molar-refractivity contribution in [1.29, 1.82) is 0 Å². The Kier molecular flexibility index (Phi) is 5.37. The van der Waals surface area contributed by atoms with Crippen molar-refractivity contribution in [3.63, 3.8) is 0 Å².